The topological polar surface area (TPSA) is 21.3 Å². The summed E-state index contributed by atoms with van der Waals surface area (Å²) < 4.78 is 5.98. The lowest BCUT2D eigenvalue weighted by atomic mass is 9.66. The average Bonchev–Trinajstić information content (AvgIpc) is 3.01. The minimum atomic E-state index is 0.237. The van der Waals surface area contributed by atoms with Crippen LogP contribution < -0.4 is 5.32 Å². The number of nitrogens with one attached hydrogen (secondary N) is 1. The van der Waals surface area contributed by atoms with Gasteiger partial charge in [0.05, 0.1) is 12.2 Å². The van der Waals surface area contributed by atoms with Crippen molar-refractivity contribution in [2.75, 3.05) is 13.2 Å². The molecule has 2 aliphatic heterocycles. The van der Waals surface area contributed by atoms with E-state index in [0.717, 1.165) is 12.6 Å². The molecule has 4 aliphatic rings. The van der Waals surface area contributed by atoms with E-state index in [2.05, 4.69) is 12.2 Å². The molecule has 2 aliphatic carbocycles. The van der Waals surface area contributed by atoms with Crippen molar-refractivity contribution in [2.24, 2.45) is 5.41 Å². The van der Waals surface area contributed by atoms with Crippen molar-refractivity contribution in [3.05, 3.63) is 0 Å². The highest BCUT2D eigenvalue weighted by molar-refractivity contribution is 4.99. The molecule has 2 saturated carbocycles. The Morgan fingerprint density at radius 2 is 1.93 bits per heavy atom. The Bertz CT molecular complexity index is 210. The van der Waals surface area contributed by atoms with Crippen LogP contribution in [0, 0.1) is 5.41 Å². The summed E-state index contributed by atoms with van der Waals surface area (Å²) in [6.07, 6.45) is 8.11. The standard InChI is InChI=1S/C12H21NO/c1-11-4-6-12(7-5-11,9-14-11)8-13-10-2-3-10/h10,13H,2-9H2,1H3. The van der Waals surface area contributed by atoms with Gasteiger partial charge in [0.1, 0.15) is 0 Å². The average molecular weight is 195 g/mol. The lowest BCUT2D eigenvalue weighted by Crippen LogP contribution is -2.53. The van der Waals surface area contributed by atoms with Gasteiger partial charge in [-0.2, -0.15) is 0 Å². The van der Waals surface area contributed by atoms with E-state index >= 15 is 0 Å². The molecule has 1 N–H and O–H groups in total. The van der Waals surface area contributed by atoms with Crippen LogP contribution >= 0.6 is 0 Å². The van der Waals surface area contributed by atoms with Crippen LogP contribution in [-0.4, -0.2) is 24.8 Å². The SMILES string of the molecule is CC12CCC(CNC3CC3)(CC1)CO2. The molecule has 2 bridgehead atoms. The minimum Gasteiger partial charge on any atom is -0.375 e. The van der Waals surface area contributed by atoms with Gasteiger partial charge in [-0.15, -0.1) is 0 Å². The van der Waals surface area contributed by atoms with E-state index in [1.165, 1.54) is 45.1 Å². The van der Waals surface area contributed by atoms with Crippen LogP contribution in [0.15, 0.2) is 0 Å². The zero-order valence-electron chi connectivity index (χ0n) is 9.14. The zero-order chi connectivity index (χ0) is 9.65. The maximum atomic E-state index is 5.98. The first-order valence-corrected chi connectivity index (χ1v) is 6.07. The van der Waals surface area contributed by atoms with Gasteiger partial charge in [0.25, 0.3) is 0 Å². The highest BCUT2D eigenvalue weighted by Gasteiger charge is 2.47. The predicted molar refractivity (Wildman–Crippen MR) is 56.3 cm³/mol. The second kappa shape index (κ2) is 2.96. The smallest absolute Gasteiger partial charge is 0.0655 e. The third-order valence-corrected chi connectivity index (χ3v) is 4.44. The molecule has 14 heavy (non-hydrogen) atoms. The molecule has 4 rings (SSSR count). The molecule has 0 aromatic heterocycles. The summed E-state index contributed by atoms with van der Waals surface area (Å²) in [5.74, 6) is 0. The van der Waals surface area contributed by atoms with Crippen molar-refractivity contribution in [1.29, 1.82) is 0 Å². The monoisotopic (exact) mass is 195 g/mol. The van der Waals surface area contributed by atoms with Gasteiger partial charge in [0.15, 0.2) is 0 Å². The quantitative estimate of drug-likeness (QED) is 0.744. The second-order valence-corrected chi connectivity index (χ2v) is 5.89. The van der Waals surface area contributed by atoms with E-state index in [-0.39, 0.29) is 5.60 Å². The van der Waals surface area contributed by atoms with Crippen molar-refractivity contribution in [3.63, 3.8) is 0 Å². The van der Waals surface area contributed by atoms with Crippen molar-refractivity contribution in [3.8, 4) is 0 Å². The predicted octanol–water partition coefficient (Wildman–Crippen LogP) is 2.09. The highest BCUT2D eigenvalue weighted by atomic mass is 16.5. The van der Waals surface area contributed by atoms with Crippen LogP contribution in [0.4, 0.5) is 0 Å². The molecule has 0 aromatic carbocycles. The molecule has 0 aromatic rings. The van der Waals surface area contributed by atoms with Crippen LogP contribution in [0.2, 0.25) is 0 Å². The van der Waals surface area contributed by atoms with Crippen molar-refractivity contribution >= 4 is 0 Å². The highest BCUT2D eigenvalue weighted by Crippen LogP contribution is 2.48. The Morgan fingerprint density at radius 3 is 2.43 bits per heavy atom. The van der Waals surface area contributed by atoms with Crippen molar-refractivity contribution in [2.45, 2.75) is 57.1 Å². The normalized spacial score (nSPS) is 46.9. The maximum absolute atomic E-state index is 5.98. The van der Waals surface area contributed by atoms with Crippen LogP contribution in [0.3, 0.4) is 0 Å². The number of fused-ring (bicyclic) bond motifs is 3. The molecule has 0 amide bonds. The van der Waals surface area contributed by atoms with E-state index in [9.17, 15) is 0 Å². The van der Waals surface area contributed by atoms with Gasteiger partial charge in [-0.05, 0) is 45.4 Å². The molecule has 2 heteroatoms. The number of hydrogen-bond acceptors (Lipinski definition) is 2. The molecule has 80 valence electrons. The lowest BCUT2D eigenvalue weighted by Gasteiger charge is -2.52. The molecule has 4 fully saturated rings. The van der Waals surface area contributed by atoms with Crippen LogP contribution in [-0.2, 0) is 4.74 Å². The van der Waals surface area contributed by atoms with E-state index in [1.807, 2.05) is 0 Å². The summed E-state index contributed by atoms with van der Waals surface area (Å²) in [7, 11) is 0. The lowest BCUT2D eigenvalue weighted by molar-refractivity contribution is -0.172. The number of ether oxygens (including phenoxy) is 1. The number of hydrogen-bond donors (Lipinski definition) is 1. The van der Waals surface area contributed by atoms with Gasteiger partial charge in [-0.25, -0.2) is 0 Å². The largest absolute Gasteiger partial charge is 0.375 e. The fourth-order valence-electron chi connectivity index (χ4n) is 2.80. The molecule has 2 nitrogen and oxygen atoms in total. The summed E-state index contributed by atoms with van der Waals surface area (Å²) in [6, 6.07) is 0.847. The van der Waals surface area contributed by atoms with E-state index in [1.54, 1.807) is 0 Å². The first kappa shape index (κ1) is 9.17. The summed E-state index contributed by atoms with van der Waals surface area (Å²) in [5.41, 5.74) is 0.738. The van der Waals surface area contributed by atoms with Gasteiger partial charge in [-0.3, -0.25) is 0 Å². The van der Waals surface area contributed by atoms with Crippen molar-refractivity contribution < 1.29 is 4.74 Å². The first-order valence-electron chi connectivity index (χ1n) is 6.07. The Balaban J connectivity index is 1.60. The van der Waals surface area contributed by atoms with Gasteiger partial charge in [-0.1, -0.05) is 0 Å². The second-order valence-electron chi connectivity index (χ2n) is 5.89. The van der Waals surface area contributed by atoms with E-state index in [4.69, 9.17) is 4.74 Å². The number of rotatable bonds is 3. The third-order valence-electron chi connectivity index (χ3n) is 4.44. The molecule has 0 radical (unpaired) electrons. The first-order chi connectivity index (χ1) is 6.70. The summed E-state index contributed by atoms with van der Waals surface area (Å²) >= 11 is 0. The van der Waals surface area contributed by atoms with Gasteiger partial charge >= 0.3 is 0 Å². The molecular formula is C12H21NO. The molecule has 2 heterocycles. The fourth-order valence-corrected chi connectivity index (χ4v) is 2.80. The molecule has 2 saturated heterocycles. The zero-order valence-corrected chi connectivity index (χ0v) is 9.14. The van der Waals surface area contributed by atoms with E-state index in [0.29, 0.717) is 5.41 Å². The van der Waals surface area contributed by atoms with Crippen LogP contribution in [0.25, 0.3) is 0 Å². The van der Waals surface area contributed by atoms with Crippen LogP contribution in [0.1, 0.15) is 45.4 Å². The summed E-state index contributed by atoms with van der Waals surface area (Å²) in [4.78, 5) is 0. The summed E-state index contributed by atoms with van der Waals surface area (Å²) in [6.45, 7) is 4.49. The molecule has 0 spiro atoms. The third kappa shape index (κ3) is 1.59. The van der Waals surface area contributed by atoms with Crippen LogP contribution in [0.5, 0.6) is 0 Å². The molecular weight excluding hydrogens is 174 g/mol. The van der Waals surface area contributed by atoms with Crippen molar-refractivity contribution in [1.82, 2.24) is 5.32 Å². The Morgan fingerprint density at radius 1 is 1.21 bits per heavy atom. The Kier molecular flexibility index (Phi) is 1.94. The Hall–Kier alpha value is -0.0800. The van der Waals surface area contributed by atoms with Gasteiger partial charge < -0.3 is 10.1 Å². The molecule has 0 unspecified atom stereocenters. The maximum Gasteiger partial charge on any atom is 0.0655 e. The molecule has 0 atom stereocenters. The van der Waals surface area contributed by atoms with Gasteiger partial charge in [0.2, 0.25) is 0 Å². The van der Waals surface area contributed by atoms with Gasteiger partial charge in [0, 0.05) is 18.0 Å². The summed E-state index contributed by atoms with van der Waals surface area (Å²) in [5, 5.41) is 3.68. The minimum absolute atomic E-state index is 0.237. The fraction of sp³-hybridized carbons (Fsp3) is 1.00. The van der Waals surface area contributed by atoms with E-state index < -0.39 is 0 Å². The Labute approximate surface area is 86.4 Å².